The van der Waals surface area contributed by atoms with Crippen LogP contribution in [0.15, 0.2) is 16.6 Å². The molecule has 1 aromatic rings. The lowest BCUT2D eigenvalue weighted by Crippen LogP contribution is -2.41. The Balaban J connectivity index is 1.89. The van der Waals surface area contributed by atoms with Gasteiger partial charge in [0.1, 0.15) is 0 Å². The van der Waals surface area contributed by atoms with Crippen LogP contribution in [0.1, 0.15) is 55.8 Å². The lowest BCUT2D eigenvalue weighted by atomic mass is 10.0. The minimum absolute atomic E-state index is 0.169. The van der Waals surface area contributed by atoms with Gasteiger partial charge in [-0.1, -0.05) is 25.7 Å². The average Bonchev–Trinajstić information content (AvgIpc) is 3.13. The normalized spacial score (nSPS) is 14.2. The SMILES string of the molecule is CCOc1c(Br)cc(C(=O)NNC(=O)CCC2CCCC2)cc1OC. The average molecular weight is 413 g/mol. The Morgan fingerprint density at radius 3 is 2.60 bits per heavy atom. The fourth-order valence-corrected chi connectivity index (χ4v) is 3.59. The lowest BCUT2D eigenvalue weighted by Gasteiger charge is -2.14. The number of benzene rings is 1. The molecule has 0 heterocycles. The van der Waals surface area contributed by atoms with E-state index in [1.54, 1.807) is 12.1 Å². The van der Waals surface area contributed by atoms with Gasteiger partial charge in [0.2, 0.25) is 5.91 Å². The summed E-state index contributed by atoms with van der Waals surface area (Å²) in [7, 11) is 1.51. The molecule has 0 radical (unpaired) electrons. The molecule has 2 amide bonds. The Bertz CT molecular complexity index is 615. The molecule has 7 heteroatoms. The van der Waals surface area contributed by atoms with Crippen LogP contribution < -0.4 is 20.3 Å². The van der Waals surface area contributed by atoms with E-state index < -0.39 is 5.91 Å². The van der Waals surface area contributed by atoms with E-state index in [0.717, 1.165) is 6.42 Å². The molecule has 1 saturated carbocycles. The Morgan fingerprint density at radius 1 is 1.24 bits per heavy atom. The number of nitrogens with one attached hydrogen (secondary N) is 2. The van der Waals surface area contributed by atoms with Crippen LogP contribution in [0.3, 0.4) is 0 Å². The molecule has 0 aliphatic heterocycles. The first-order chi connectivity index (χ1) is 12.0. The van der Waals surface area contributed by atoms with Gasteiger partial charge in [0.15, 0.2) is 11.5 Å². The zero-order chi connectivity index (χ0) is 18.2. The minimum Gasteiger partial charge on any atom is -0.493 e. The van der Waals surface area contributed by atoms with Gasteiger partial charge in [-0.05, 0) is 47.3 Å². The number of carbonyl (C=O) groups excluding carboxylic acids is 2. The third-order valence-corrected chi connectivity index (χ3v) is 4.94. The van der Waals surface area contributed by atoms with E-state index in [9.17, 15) is 9.59 Å². The minimum atomic E-state index is -0.406. The third kappa shape index (κ3) is 5.63. The first-order valence-corrected chi connectivity index (χ1v) is 9.44. The predicted octanol–water partition coefficient (Wildman–Crippen LogP) is 3.59. The van der Waals surface area contributed by atoms with E-state index in [2.05, 4.69) is 26.8 Å². The second-order valence-electron chi connectivity index (χ2n) is 6.11. The topological polar surface area (TPSA) is 76.7 Å². The summed E-state index contributed by atoms with van der Waals surface area (Å²) in [6.07, 6.45) is 6.25. The molecule has 2 rings (SSSR count). The number of rotatable bonds is 7. The molecule has 1 fully saturated rings. The van der Waals surface area contributed by atoms with Crippen molar-refractivity contribution < 1.29 is 19.1 Å². The van der Waals surface area contributed by atoms with Crippen molar-refractivity contribution in [1.82, 2.24) is 10.9 Å². The van der Waals surface area contributed by atoms with Crippen LogP contribution >= 0.6 is 15.9 Å². The summed E-state index contributed by atoms with van der Waals surface area (Å²) in [5.41, 5.74) is 5.29. The standard InChI is InChI=1S/C18H25BrN2O4/c1-3-25-17-14(19)10-13(11-15(17)24-2)18(23)21-20-16(22)9-8-12-6-4-5-7-12/h10-12H,3-9H2,1-2H3,(H,20,22)(H,21,23). The first-order valence-electron chi connectivity index (χ1n) is 8.64. The number of ether oxygens (including phenoxy) is 2. The van der Waals surface area contributed by atoms with Crippen molar-refractivity contribution in [3.63, 3.8) is 0 Å². The van der Waals surface area contributed by atoms with Crippen molar-refractivity contribution in [1.29, 1.82) is 0 Å². The zero-order valence-electron chi connectivity index (χ0n) is 14.7. The maximum atomic E-state index is 12.3. The molecule has 138 valence electrons. The van der Waals surface area contributed by atoms with Crippen LogP contribution in [-0.2, 0) is 4.79 Å². The van der Waals surface area contributed by atoms with Gasteiger partial charge in [-0.15, -0.1) is 0 Å². The van der Waals surface area contributed by atoms with Crippen LogP contribution in [0, 0.1) is 5.92 Å². The quantitative estimate of drug-likeness (QED) is 0.670. The highest BCUT2D eigenvalue weighted by Gasteiger charge is 2.18. The second kappa shape index (κ2) is 9.65. The van der Waals surface area contributed by atoms with E-state index in [0.29, 0.717) is 40.5 Å². The largest absolute Gasteiger partial charge is 0.493 e. The fourth-order valence-electron chi connectivity index (χ4n) is 3.03. The van der Waals surface area contributed by atoms with Crippen molar-refractivity contribution in [3.8, 4) is 11.5 Å². The molecule has 25 heavy (non-hydrogen) atoms. The van der Waals surface area contributed by atoms with Crippen LogP contribution in [0.5, 0.6) is 11.5 Å². The molecule has 1 aromatic carbocycles. The van der Waals surface area contributed by atoms with Crippen molar-refractivity contribution in [2.24, 2.45) is 5.92 Å². The molecule has 0 bridgehead atoms. The maximum Gasteiger partial charge on any atom is 0.269 e. The Hall–Kier alpha value is -1.76. The summed E-state index contributed by atoms with van der Waals surface area (Å²) in [5, 5.41) is 0. The van der Waals surface area contributed by atoms with E-state index in [-0.39, 0.29) is 5.91 Å². The van der Waals surface area contributed by atoms with Gasteiger partial charge in [0, 0.05) is 12.0 Å². The van der Waals surface area contributed by atoms with E-state index in [1.807, 2.05) is 6.92 Å². The van der Waals surface area contributed by atoms with E-state index in [1.165, 1.54) is 32.8 Å². The predicted molar refractivity (Wildman–Crippen MR) is 98.7 cm³/mol. The summed E-state index contributed by atoms with van der Waals surface area (Å²) >= 11 is 3.38. The summed E-state index contributed by atoms with van der Waals surface area (Å²) in [6.45, 7) is 2.35. The molecule has 0 atom stereocenters. The second-order valence-corrected chi connectivity index (χ2v) is 6.97. The van der Waals surface area contributed by atoms with Gasteiger partial charge in [0.25, 0.3) is 5.91 Å². The third-order valence-electron chi connectivity index (χ3n) is 4.35. The van der Waals surface area contributed by atoms with Gasteiger partial charge < -0.3 is 9.47 Å². The van der Waals surface area contributed by atoms with Crippen molar-refractivity contribution in [3.05, 3.63) is 22.2 Å². The monoisotopic (exact) mass is 412 g/mol. The van der Waals surface area contributed by atoms with Gasteiger partial charge in [-0.25, -0.2) is 0 Å². The molecular weight excluding hydrogens is 388 g/mol. The van der Waals surface area contributed by atoms with Crippen molar-refractivity contribution in [2.75, 3.05) is 13.7 Å². The number of methoxy groups -OCH3 is 1. The van der Waals surface area contributed by atoms with Crippen molar-refractivity contribution >= 4 is 27.7 Å². The van der Waals surface area contributed by atoms with Crippen LogP contribution in [0.25, 0.3) is 0 Å². The molecule has 0 spiro atoms. The number of halogens is 1. The van der Waals surface area contributed by atoms with Gasteiger partial charge >= 0.3 is 0 Å². The molecule has 1 aliphatic carbocycles. The van der Waals surface area contributed by atoms with Crippen molar-refractivity contribution in [2.45, 2.75) is 45.4 Å². The lowest BCUT2D eigenvalue weighted by molar-refractivity contribution is -0.122. The van der Waals surface area contributed by atoms with Gasteiger partial charge in [-0.3, -0.25) is 20.4 Å². The highest BCUT2D eigenvalue weighted by molar-refractivity contribution is 9.10. The molecule has 1 aliphatic rings. The first kappa shape index (κ1) is 19.6. The molecule has 0 saturated heterocycles. The van der Waals surface area contributed by atoms with E-state index in [4.69, 9.17) is 9.47 Å². The summed E-state index contributed by atoms with van der Waals surface area (Å²) in [6, 6.07) is 3.21. The smallest absolute Gasteiger partial charge is 0.269 e. The van der Waals surface area contributed by atoms with Gasteiger partial charge in [-0.2, -0.15) is 0 Å². The fraction of sp³-hybridized carbons (Fsp3) is 0.556. The molecular formula is C18H25BrN2O4. The Labute approximate surface area is 156 Å². The highest BCUT2D eigenvalue weighted by atomic mass is 79.9. The molecule has 0 unspecified atom stereocenters. The van der Waals surface area contributed by atoms with Gasteiger partial charge in [0.05, 0.1) is 18.2 Å². The summed E-state index contributed by atoms with van der Waals surface area (Å²) in [4.78, 5) is 24.1. The Kier molecular flexibility index (Phi) is 7.55. The number of amides is 2. The van der Waals surface area contributed by atoms with Crippen LogP contribution in [-0.4, -0.2) is 25.5 Å². The Morgan fingerprint density at radius 2 is 1.96 bits per heavy atom. The highest BCUT2D eigenvalue weighted by Crippen LogP contribution is 2.36. The number of carbonyl (C=O) groups is 2. The molecule has 2 N–H and O–H groups in total. The summed E-state index contributed by atoms with van der Waals surface area (Å²) in [5.74, 6) is 1.07. The van der Waals surface area contributed by atoms with Crippen LogP contribution in [0.2, 0.25) is 0 Å². The molecule has 6 nitrogen and oxygen atoms in total. The molecule has 0 aromatic heterocycles. The summed E-state index contributed by atoms with van der Waals surface area (Å²) < 4.78 is 11.4. The zero-order valence-corrected chi connectivity index (χ0v) is 16.3. The number of hydrogen-bond donors (Lipinski definition) is 2. The number of hydrogen-bond acceptors (Lipinski definition) is 4. The maximum absolute atomic E-state index is 12.3. The number of hydrazine groups is 1. The van der Waals surface area contributed by atoms with E-state index >= 15 is 0 Å². The van der Waals surface area contributed by atoms with Crippen LogP contribution in [0.4, 0.5) is 0 Å².